The van der Waals surface area contributed by atoms with Crippen molar-refractivity contribution in [3.8, 4) is 0 Å². The summed E-state index contributed by atoms with van der Waals surface area (Å²) >= 11 is 1.79. The van der Waals surface area contributed by atoms with Crippen LogP contribution in [0.5, 0.6) is 0 Å². The third kappa shape index (κ3) is 2.44. The molecule has 1 aliphatic rings. The number of aryl methyl sites for hydroxylation is 1. The molecule has 1 heterocycles. The smallest absolute Gasteiger partial charge is 0.303 e. The zero-order valence-electron chi connectivity index (χ0n) is 9.24. The summed E-state index contributed by atoms with van der Waals surface area (Å²) < 4.78 is 0. The minimum atomic E-state index is -0.764. The fraction of sp³-hybridized carbons (Fsp3) is 0.583. The van der Waals surface area contributed by atoms with E-state index in [4.69, 9.17) is 10.8 Å². The van der Waals surface area contributed by atoms with E-state index in [1.807, 2.05) is 0 Å². The number of carboxylic acids is 1. The van der Waals surface area contributed by atoms with Crippen LogP contribution >= 0.6 is 11.3 Å². The number of fused-ring (bicyclic) bond motifs is 1. The maximum absolute atomic E-state index is 10.5. The minimum absolute atomic E-state index is 0.103. The van der Waals surface area contributed by atoms with E-state index in [0.717, 1.165) is 6.42 Å². The Morgan fingerprint density at radius 1 is 1.50 bits per heavy atom. The molecular formula is C12H17NO2S. The molecule has 4 heteroatoms. The van der Waals surface area contributed by atoms with Gasteiger partial charge in [0.15, 0.2) is 0 Å². The summed E-state index contributed by atoms with van der Waals surface area (Å²) in [5, 5.41) is 10.8. The summed E-state index contributed by atoms with van der Waals surface area (Å²) in [6.45, 7) is 0. The molecule has 1 aromatic heterocycles. The van der Waals surface area contributed by atoms with Crippen molar-refractivity contribution in [3.63, 3.8) is 0 Å². The van der Waals surface area contributed by atoms with E-state index in [9.17, 15) is 4.79 Å². The molecule has 88 valence electrons. The summed E-state index contributed by atoms with van der Waals surface area (Å²) in [6.07, 6.45) is 5.50. The number of aliphatic carboxylic acids is 1. The van der Waals surface area contributed by atoms with E-state index < -0.39 is 5.97 Å². The first-order chi connectivity index (χ1) is 7.68. The third-order valence-electron chi connectivity index (χ3n) is 3.16. The van der Waals surface area contributed by atoms with Crippen LogP contribution in [-0.2, 0) is 17.6 Å². The molecule has 1 aromatic rings. The van der Waals surface area contributed by atoms with Crippen molar-refractivity contribution < 1.29 is 9.90 Å². The molecule has 0 saturated heterocycles. The molecule has 0 spiro atoms. The number of hydrogen-bond acceptors (Lipinski definition) is 3. The second-order valence-corrected chi connectivity index (χ2v) is 5.30. The highest BCUT2D eigenvalue weighted by molar-refractivity contribution is 7.10. The predicted molar refractivity (Wildman–Crippen MR) is 64.8 cm³/mol. The molecule has 0 radical (unpaired) electrons. The van der Waals surface area contributed by atoms with Crippen LogP contribution in [0.3, 0.4) is 0 Å². The van der Waals surface area contributed by atoms with E-state index in [1.54, 1.807) is 11.3 Å². The molecule has 3 nitrogen and oxygen atoms in total. The highest BCUT2D eigenvalue weighted by atomic mass is 32.1. The average molecular weight is 239 g/mol. The third-order valence-corrected chi connectivity index (χ3v) is 4.27. The standard InChI is InChI=1S/C12H17NO2S/c13-10(5-6-12(14)15)9-7-16-11-4-2-1-3-8(9)11/h7,10H,1-6,13H2,(H,14,15). The number of rotatable bonds is 4. The van der Waals surface area contributed by atoms with Crippen molar-refractivity contribution in [2.24, 2.45) is 5.73 Å². The summed E-state index contributed by atoms with van der Waals surface area (Å²) in [7, 11) is 0. The van der Waals surface area contributed by atoms with E-state index in [-0.39, 0.29) is 12.5 Å². The first-order valence-corrected chi connectivity index (χ1v) is 6.63. The van der Waals surface area contributed by atoms with Gasteiger partial charge in [-0.2, -0.15) is 0 Å². The molecule has 2 rings (SSSR count). The fourth-order valence-corrected chi connectivity index (χ4v) is 3.48. The zero-order valence-corrected chi connectivity index (χ0v) is 10.1. The number of carbonyl (C=O) groups is 1. The quantitative estimate of drug-likeness (QED) is 0.848. The summed E-state index contributed by atoms with van der Waals surface area (Å²) in [5.74, 6) is -0.764. The second kappa shape index (κ2) is 4.97. The van der Waals surface area contributed by atoms with E-state index >= 15 is 0 Å². The van der Waals surface area contributed by atoms with Crippen LogP contribution in [-0.4, -0.2) is 11.1 Å². The Bertz CT molecular complexity index is 386. The highest BCUT2D eigenvalue weighted by Crippen LogP contribution is 2.34. The molecule has 0 aromatic carbocycles. The Morgan fingerprint density at radius 3 is 3.00 bits per heavy atom. The van der Waals surface area contributed by atoms with Crippen molar-refractivity contribution in [2.45, 2.75) is 44.6 Å². The molecule has 0 fully saturated rings. The van der Waals surface area contributed by atoms with Gasteiger partial charge in [0.1, 0.15) is 0 Å². The van der Waals surface area contributed by atoms with Gasteiger partial charge in [-0.3, -0.25) is 4.79 Å². The Kier molecular flexibility index (Phi) is 3.61. The van der Waals surface area contributed by atoms with Crippen LogP contribution in [0.15, 0.2) is 5.38 Å². The van der Waals surface area contributed by atoms with Gasteiger partial charge in [0.05, 0.1) is 0 Å². The van der Waals surface area contributed by atoms with Crippen molar-refractivity contribution in [1.82, 2.24) is 0 Å². The first-order valence-electron chi connectivity index (χ1n) is 5.75. The van der Waals surface area contributed by atoms with Crippen LogP contribution in [0.1, 0.15) is 47.7 Å². The van der Waals surface area contributed by atoms with Crippen LogP contribution in [0, 0.1) is 0 Å². The molecule has 0 amide bonds. The molecule has 1 aliphatic carbocycles. The molecule has 16 heavy (non-hydrogen) atoms. The SMILES string of the molecule is NC(CCC(=O)O)c1csc2c1CCCC2. The number of carboxylic acid groups (broad SMARTS) is 1. The zero-order chi connectivity index (χ0) is 11.5. The topological polar surface area (TPSA) is 63.3 Å². The van der Waals surface area contributed by atoms with E-state index in [1.165, 1.54) is 35.3 Å². The van der Waals surface area contributed by atoms with Crippen molar-refractivity contribution in [2.75, 3.05) is 0 Å². The van der Waals surface area contributed by atoms with Gasteiger partial charge in [0, 0.05) is 17.3 Å². The van der Waals surface area contributed by atoms with E-state index in [2.05, 4.69) is 5.38 Å². The van der Waals surface area contributed by atoms with Gasteiger partial charge in [-0.25, -0.2) is 0 Å². The monoisotopic (exact) mass is 239 g/mol. The predicted octanol–water partition coefficient (Wildman–Crippen LogP) is 2.49. The fourth-order valence-electron chi connectivity index (χ4n) is 2.26. The molecular weight excluding hydrogens is 222 g/mol. The highest BCUT2D eigenvalue weighted by Gasteiger charge is 2.19. The van der Waals surface area contributed by atoms with Gasteiger partial charge < -0.3 is 10.8 Å². The van der Waals surface area contributed by atoms with Crippen LogP contribution in [0.25, 0.3) is 0 Å². The maximum atomic E-state index is 10.5. The Labute approximate surface area is 99.3 Å². The van der Waals surface area contributed by atoms with Gasteiger partial charge in [0.2, 0.25) is 0 Å². The molecule has 0 saturated carbocycles. The summed E-state index contributed by atoms with van der Waals surface area (Å²) in [4.78, 5) is 12.0. The first kappa shape index (κ1) is 11.6. The van der Waals surface area contributed by atoms with Crippen molar-refractivity contribution in [3.05, 3.63) is 21.4 Å². The van der Waals surface area contributed by atoms with Gasteiger partial charge in [-0.05, 0) is 48.6 Å². The maximum Gasteiger partial charge on any atom is 0.303 e. The van der Waals surface area contributed by atoms with E-state index in [0.29, 0.717) is 6.42 Å². The molecule has 1 unspecified atom stereocenters. The van der Waals surface area contributed by atoms with Crippen LogP contribution < -0.4 is 5.73 Å². The normalized spacial score (nSPS) is 16.8. The van der Waals surface area contributed by atoms with Crippen LogP contribution in [0.2, 0.25) is 0 Å². The second-order valence-electron chi connectivity index (χ2n) is 4.34. The average Bonchev–Trinajstić information content (AvgIpc) is 2.69. The molecule has 1 atom stereocenters. The lowest BCUT2D eigenvalue weighted by molar-refractivity contribution is -0.137. The molecule has 3 N–H and O–H groups in total. The molecule has 0 aliphatic heterocycles. The lowest BCUT2D eigenvalue weighted by Gasteiger charge is -2.16. The minimum Gasteiger partial charge on any atom is -0.481 e. The summed E-state index contributed by atoms with van der Waals surface area (Å²) in [6, 6.07) is -0.103. The van der Waals surface area contributed by atoms with Gasteiger partial charge in [-0.15, -0.1) is 11.3 Å². The number of hydrogen-bond donors (Lipinski definition) is 2. The number of nitrogens with two attached hydrogens (primary N) is 1. The van der Waals surface area contributed by atoms with Gasteiger partial charge in [-0.1, -0.05) is 0 Å². The van der Waals surface area contributed by atoms with Crippen molar-refractivity contribution in [1.29, 1.82) is 0 Å². The summed E-state index contributed by atoms with van der Waals surface area (Å²) in [5.41, 5.74) is 8.66. The number of thiophene rings is 1. The van der Waals surface area contributed by atoms with Gasteiger partial charge in [0.25, 0.3) is 0 Å². The van der Waals surface area contributed by atoms with Crippen LogP contribution in [0.4, 0.5) is 0 Å². The lowest BCUT2D eigenvalue weighted by Crippen LogP contribution is -2.14. The Balaban J connectivity index is 2.08. The molecule has 0 bridgehead atoms. The Morgan fingerprint density at radius 2 is 2.25 bits per heavy atom. The van der Waals surface area contributed by atoms with Crippen molar-refractivity contribution >= 4 is 17.3 Å². The Hall–Kier alpha value is -0.870. The largest absolute Gasteiger partial charge is 0.481 e. The lowest BCUT2D eigenvalue weighted by atomic mass is 9.92. The van der Waals surface area contributed by atoms with Gasteiger partial charge >= 0.3 is 5.97 Å².